The van der Waals surface area contributed by atoms with Gasteiger partial charge >= 0.3 is 0 Å². The highest BCUT2D eigenvalue weighted by atomic mass is 35.5. The predicted octanol–water partition coefficient (Wildman–Crippen LogP) is 3.55. The minimum Gasteiger partial charge on any atom is -0.494 e. The molecule has 0 radical (unpaired) electrons. The van der Waals surface area contributed by atoms with Crippen LogP contribution in [0, 0.1) is 0 Å². The van der Waals surface area contributed by atoms with Crippen LogP contribution in [-0.2, 0) is 17.8 Å². The Morgan fingerprint density at radius 2 is 2.00 bits per heavy atom. The molecule has 27 heavy (non-hydrogen) atoms. The number of anilines is 2. The molecule has 1 aliphatic rings. The molecule has 1 amide bonds. The molecule has 0 atom stereocenters. The van der Waals surface area contributed by atoms with Gasteiger partial charge in [0, 0.05) is 24.5 Å². The van der Waals surface area contributed by atoms with Gasteiger partial charge in [-0.2, -0.15) is 0 Å². The first kappa shape index (κ1) is 20.9. The number of carbonyl (C=O) groups is 1. The summed E-state index contributed by atoms with van der Waals surface area (Å²) in [6.45, 7) is 4.56. The van der Waals surface area contributed by atoms with Crippen molar-refractivity contribution in [3.63, 3.8) is 0 Å². The van der Waals surface area contributed by atoms with Crippen LogP contribution >= 0.6 is 12.4 Å². The van der Waals surface area contributed by atoms with Crippen LogP contribution in [0.4, 0.5) is 11.4 Å². The molecule has 0 saturated heterocycles. The topological polar surface area (TPSA) is 67.6 Å². The van der Waals surface area contributed by atoms with Crippen LogP contribution < -0.4 is 20.7 Å². The lowest BCUT2D eigenvalue weighted by Gasteiger charge is -2.31. The molecular weight excluding hydrogens is 362 g/mol. The van der Waals surface area contributed by atoms with E-state index in [0.29, 0.717) is 13.1 Å². The van der Waals surface area contributed by atoms with Crippen molar-refractivity contribution in [3.8, 4) is 5.75 Å². The van der Waals surface area contributed by atoms with Crippen molar-refractivity contribution < 1.29 is 9.53 Å². The van der Waals surface area contributed by atoms with Gasteiger partial charge in [0.15, 0.2) is 0 Å². The fourth-order valence-electron chi connectivity index (χ4n) is 3.25. The largest absolute Gasteiger partial charge is 0.494 e. The Morgan fingerprint density at radius 1 is 1.22 bits per heavy atom. The average Bonchev–Trinajstić information content (AvgIpc) is 2.66. The summed E-state index contributed by atoms with van der Waals surface area (Å²) >= 11 is 0. The Labute approximate surface area is 167 Å². The number of nitrogens with two attached hydrogens (primary N) is 1. The highest BCUT2D eigenvalue weighted by molar-refractivity contribution is 5.85. The third-order valence-corrected chi connectivity index (χ3v) is 4.60. The molecule has 3 N–H and O–H groups in total. The van der Waals surface area contributed by atoms with Crippen molar-refractivity contribution in [3.05, 3.63) is 53.6 Å². The summed E-state index contributed by atoms with van der Waals surface area (Å²) < 4.78 is 5.57. The monoisotopic (exact) mass is 389 g/mol. The quantitative estimate of drug-likeness (QED) is 0.710. The minimum atomic E-state index is 0. The molecule has 1 heterocycles. The zero-order valence-corrected chi connectivity index (χ0v) is 16.6. The van der Waals surface area contributed by atoms with Crippen LogP contribution in [0.25, 0.3) is 0 Å². The van der Waals surface area contributed by atoms with E-state index >= 15 is 0 Å². The van der Waals surface area contributed by atoms with Crippen molar-refractivity contribution in [1.29, 1.82) is 0 Å². The lowest BCUT2D eigenvalue weighted by molar-refractivity contribution is -0.119. The zero-order chi connectivity index (χ0) is 18.4. The van der Waals surface area contributed by atoms with E-state index in [2.05, 4.69) is 17.1 Å². The maximum Gasteiger partial charge on any atom is 0.239 e. The second-order valence-corrected chi connectivity index (χ2v) is 6.64. The molecule has 0 spiro atoms. The van der Waals surface area contributed by atoms with Crippen LogP contribution in [0.5, 0.6) is 5.75 Å². The second-order valence-electron chi connectivity index (χ2n) is 6.64. The number of halogens is 1. The molecule has 5 nitrogen and oxygen atoms in total. The first-order valence-corrected chi connectivity index (χ1v) is 9.28. The van der Waals surface area contributed by atoms with E-state index in [9.17, 15) is 4.79 Å². The first-order chi connectivity index (χ1) is 12.7. The summed E-state index contributed by atoms with van der Waals surface area (Å²) in [4.78, 5) is 14.5. The number of ether oxygens (including phenoxy) is 1. The Hall–Kier alpha value is -2.40. The molecule has 0 fully saturated rings. The van der Waals surface area contributed by atoms with E-state index < -0.39 is 0 Å². The molecule has 0 aliphatic carbocycles. The number of carbonyl (C=O) groups excluding carboxylic acids is 1. The number of nitrogens with one attached hydrogen (secondary N) is 1. The molecule has 6 heteroatoms. The maximum absolute atomic E-state index is 12.4. The molecule has 0 aromatic heterocycles. The highest BCUT2D eigenvalue weighted by Crippen LogP contribution is 2.30. The van der Waals surface area contributed by atoms with Gasteiger partial charge in [0.25, 0.3) is 0 Å². The van der Waals surface area contributed by atoms with Crippen LogP contribution in [0.1, 0.15) is 30.9 Å². The molecule has 0 bridgehead atoms. The van der Waals surface area contributed by atoms with Gasteiger partial charge in [-0.3, -0.25) is 4.79 Å². The lowest BCUT2D eigenvalue weighted by atomic mass is 10.00. The molecule has 2 aromatic rings. The van der Waals surface area contributed by atoms with Gasteiger partial charge in [-0.05, 0) is 54.7 Å². The second kappa shape index (κ2) is 10.1. The van der Waals surface area contributed by atoms with Crippen molar-refractivity contribution in [2.24, 2.45) is 0 Å². The highest BCUT2D eigenvalue weighted by Gasteiger charge is 2.20. The van der Waals surface area contributed by atoms with Crippen LogP contribution in [0.3, 0.4) is 0 Å². The number of nitrogen functional groups attached to an aromatic ring is 1. The first-order valence-electron chi connectivity index (χ1n) is 9.28. The predicted molar refractivity (Wildman–Crippen MR) is 113 cm³/mol. The van der Waals surface area contributed by atoms with Crippen molar-refractivity contribution in [2.45, 2.75) is 32.7 Å². The Balaban J connectivity index is 0.00000261. The van der Waals surface area contributed by atoms with Gasteiger partial charge in [-0.15, -0.1) is 12.4 Å². The third-order valence-electron chi connectivity index (χ3n) is 4.60. The number of amides is 1. The average molecular weight is 390 g/mol. The SMILES string of the molecule is CCCOc1ccc(CNC(=O)CN2CCCc3c(N)cccc32)cc1.Cl. The number of hydrogen-bond donors (Lipinski definition) is 2. The van der Waals surface area contributed by atoms with E-state index in [4.69, 9.17) is 10.5 Å². The molecule has 146 valence electrons. The summed E-state index contributed by atoms with van der Waals surface area (Å²) in [7, 11) is 0. The van der Waals surface area contributed by atoms with Gasteiger partial charge in [-0.1, -0.05) is 25.1 Å². The van der Waals surface area contributed by atoms with E-state index in [0.717, 1.165) is 60.7 Å². The van der Waals surface area contributed by atoms with Crippen LogP contribution in [0.2, 0.25) is 0 Å². The maximum atomic E-state index is 12.4. The van der Waals surface area contributed by atoms with E-state index in [1.165, 1.54) is 0 Å². The van der Waals surface area contributed by atoms with E-state index in [1.54, 1.807) is 0 Å². The molecule has 2 aromatic carbocycles. The summed E-state index contributed by atoms with van der Waals surface area (Å²) in [5, 5.41) is 3.00. The Bertz CT molecular complexity index is 750. The summed E-state index contributed by atoms with van der Waals surface area (Å²) in [5.41, 5.74) is 10.2. The molecule has 0 unspecified atom stereocenters. The van der Waals surface area contributed by atoms with E-state index in [-0.39, 0.29) is 18.3 Å². The summed E-state index contributed by atoms with van der Waals surface area (Å²) in [6, 6.07) is 13.8. The Morgan fingerprint density at radius 3 is 2.74 bits per heavy atom. The third kappa shape index (κ3) is 5.54. The van der Waals surface area contributed by atoms with Crippen molar-refractivity contribution in [1.82, 2.24) is 5.32 Å². The van der Waals surface area contributed by atoms with Gasteiger partial charge in [0.2, 0.25) is 5.91 Å². The number of nitrogens with zero attached hydrogens (tertiary/aromatic N) is 1. The van der Waals surface area contributed by atoms with Gasteiger partial charge in [-0.25, -0.2) is 0 Å². The number of fused-ring (bicyclic) bond motifs is 1. The fraction of sp³-hybridized carbons (Fsp3) is 0.381. The molecule has 1 aliphatic heterocycles. The zero-order valence-electron chi connectivity index (χ0n) is 15.7. The van der Waals surface area contributed by atoms with Crippen LogP contribution in [0.15, 0.2) is 42.5 Å². The number of benzene rings is 2. The van der Waals surface area contributed by atoms with E-state index in [1.807, 2.05) is 42.5 Å². The van der Waals surface area contributed by atoms with Gasteiger partial charge in [0.1, 0.15) is 5.75 Å². The van der Waals surface area contributed by atoms with Crippen molar-refractivity contribution in [2.75, 3.05) is 30.3 Å². The minimum absolute atomic E-state index is 0. The smallest absolute Gasteiger partial charge is 0.239 e. The Kier molecular flexibility index (Phi) is 7.80. The van der Waals surface area contributed by atoms with Gasteiger partial charge < -0.3 is 20.7 Å². The fourth-order valence-corrected chi connectivity index (χ4v) is 3.25. The molecular formula is C21H28ClN3O2. The molecule has 0 saturated carbocycles. The summed E-state index contributed by atoms with van der Waals surface area (Å²) in [5.74, 6) is 0.885. The summed E-state index contributed by atoms with van der Waals surface area (Å²) in [6.07, 6.45) is 2.99. The standard InChI is InChI=1S/C21H27N3O2.ClH/c1-2-13-26-17-10-8-16(9-11-17)14-23-21(25)15-24-12-4-5-18-19(22)6-3-7-20(18)24;/h3,6-11H,2,4-5,12-15,22H2,1H3,(H,23,25);1H. The number of hydrogen-bond acceptors (Lipinski definition) is 4. The van der Waals surface area contributed by atoms with Crippen LogP contribution in [-0.4, -0.2) is 25.6 Å². The molecule has 3 rings (SSSR count). The van der Waals surface area contributed by atoms with Gasteiger partial charge in [0.05, 0.1) is 13.2 Å². The number of rotatable bonds is 7. The normalized spacial score (nSPS) is 12.7. The van der Waals surface area contributed by atoms with Crippen molar-refractivity contribution >= 4 is 29.7 Å². The lowest BCUT2D eigenvalue weighted by Crippen LogP contribution is -2.39.